The second-order valence-electron chi connectivity index (χ2n) is 12.6. The van der Waals surface area contributed by atoms with Crippen LogP contribution in [-0.2, 0) is 17.8 Å². The Balaban J connectivity index is 0.00000675. The maximum Gasteiger partial charge on any atom is 0.224 e. The van der Waals surface area contributed by atoms with E-state index in [1.807, 2.05) is 41.4 Å². The number of amides is 1. The number of para-hydroxylation sites is 1. The first kappa shape index (κ1) is 37.6. The maximum atomic E-state index is 12.9. The Hall–Kier alpha value is -2.60. The number of benzene rings is 2. The lowest BCUT2D eigenvalue weighted by molar-refractivity contribution is -0.116. The highest BCUT2D eigenvalue weighted by Gasteiger charge is 2.27. The van der Waals surface area contributed by atoms with Crippen molar-refractivity contribution in [1.82, 2.24) is 0 Å². The van der Waals surface area contributed by atoms with Crippen LogP contribution >= 0.6 is 17.0 Å². The fraction of sp³-hybridized carbons (Fsp3) is 0.579. The number of hydrogen-bond acceptors (Lipinski definition) is 4. The van der Waals surface area contributed by atoms with Crippen LogP contribution < -0.4 is 14.4 Å². The summed E-state index contributed by atoms with van der Waals surface area (Å²) in [6.07, 6.45) is 21.0. The number of ether oxygens (including phenoxy) is 2. The van der Waals surface area contributed by atoms with Crippen LogP contribution in [0.25, 0.3) is 0 Å². The largest absolute Gasteiger partial charge is 0.493 e. The van der Waals surface area contributed by atoms with E-state index >= 15 is 0 Å². The van der Waals surface area contributed by atoms with Gasteiger partial charge in [-0.2, -0.15) is 0 Å². The van der Waals surface area contributed by atoms with E-state index in [1.165, 1.54) is 76.2 Å². The SMILES string of the molecule is Br.CCCCCCCCCCCCCCOc1ccc(CN(C(C)=O)c2ccccc2CC2(C)C=C(C)C=NC2)cc1OC. The Morgan fingerprint density at radius 1 is 0.909 bits per heavy atom. The molecule has 1 aliphatic heterocycles. The molecule has 0 aromatic heterocycles. The predicted octanol–water partition coefficient (Wildman–Crippen LogP) is 10.5. The van der Waals surface area contributed by atoms with Crippen molar-refractivity contribution in [3.63, 3.8) is 0 Å². The number of methoxy groups -OCH3 is 1. The predicted molar refractivity (Wildman–Crippen MR) is 192 cm³/mol. The quantitative estimate of drug-likeness (QED) is 0.132. The molecule has 1 amide bonds. The summed E-state index contributed by atoms with van der Waals surface area (Å²) in [5.74, 6) is 1.48. The zero-order valence-electron chi connectivity index (χ0n) is 28.0. The minimum absolute atomic E-state index is 0. The van der Waals surface area contributed by atoms with Crippen LogP contribution in [0, 0.1) is 5.41 Å². The lowest BCUT2D eigenvalue weighted by Gasteiger charge is -2.31. The van der Waals surface area contributed by atoms with Crippen molar-refractivity contribution < 1.29 is 14.3 Å². The summed E-state index contributed by atoms with van der Waals surface area (Å²) >= 11 is 0. The fourth-order valence-electron chi connectivity index (χ4n) is 6.10. The highest BCUT2D eigenvalue weighted by Crippen LogP contribution is 2.34. The Morgan fingerprint density at radius 2 is 1.55 bits per heavy atom. The highest BCUT2D eigenvalue weighted by molar-refractivity contribution is 8.93. The van der Waals surface area contributed by atoms with Gasteiger partial charge in [0.25, 0.3) is 0 Å². The van der Waals surface area contributed by atoms with E-state index in [4.69, 9.17) is 9.47 Å². The summed E-state index contributed by atoms with van der Waals surface area (Å²) in [4.78, 5) is 19.4. The summed E-state index contributed by atoms with van der Waals surface area (Å²) in [5, 5.41) is 0. The number of rotatable bonds is 20. The van der Waals surface area contributed by atoms with E-state index < -0.39 is 0 Å². The number of halogens is 1. The Kier molecular flexibility index (Phi) is 17.5. The fourth-order valence-corrected chi connectivity index (χ4v) is 6.10. The minimum atomic E-state index is -0.0762. The van der Waals surface area contributed by atoms with Crippen molar-refractivity contribution in [3.05, 3.63) is 65.2 Å². The van der Waals surface area contributed by atoms with Gasteiger partial charge in [-0.15, -0.1) is 17.0 Å². The molecule has 0 bridgehead atoms. The first-order valence-electron chi connectivity index (χ1n) is 16.7. The zero-order valence-corrected chi connectivity index (χ0v) is 29.8. The topological polar surface area (TPSA) is 51.1 Å². The van der Waals surface area contributed by atoms with Gasteiger partial charge in [0, 0.05) is 30.8 Å². The molecule has 0 fully saturated rings. The third kappa shape index (κ3) is 12.8. The highest BCUT2D eigenvalue weighted by atomic mass is 79.9. The monoisotopic (exact) mass is 668 g/mol. The van der Waals surface area contributed by atoms with Gasteiger partial charge >= 0.3 is 0 Å². The van der Waals surface area contributed by atoms with Crippen LogP contribution in [0.3, 0.4) is 0 Å². The molecule has 2 aromatic rings. The molecule has 3 rings (SSSR count). The average molecular weight is 670 g/mol. The summed E-state index contributed by atoms with van der Waals surface area (Å²) in [6.45, 7) is 10.1. The molecular weight excluding hydrogens is 612 g/mol. The number of unbranched alkanes of at least 4 members (excludes halogenated alkanes) is 11. The van der Waals surface area contributed by atoms with Crippen molar-refractivity contribution in [2.45, 2.75) is 118 Å². The summed E-state index contributed by atoms with van der Waals surface area (Å²) in [5.41, 5.74) is 4.21. The van der Waals surface area contributed by atoms with E-state index in [-0.39, 0.29) is 28.3 Å². The Bertz CT molecular complexity index is 1190. The van der Waals surface area contributed by atoms with Gasteiger partial charge in [-0.05, 0) is 54.7 Å². The van der Waals surface area contributed by atoms with Crippen LogP contribution in [0.2, 0.25) is 0 Å². The van der Waals surface area contributed by atoms with Gasteiger partial charge in [0.15, 0.2) is 11.5 Å². The number of aliphatic imine (C=N–C) groups is 1. The summed E-state index contributed by atoms with van der Waals surface area (Å²) in [6, 6.07) is 14.3. The first-order valence-corrected chi connectivity index (χ1v) is 16.7. The van der Waals surface area contributed by atoms with Gasteiger partial charge in [-0.25, -0.2) is 0 Å². The van der Waals surface area contributed by atoms with E-state index in [0.717, 1.165) is 42.0 Å². The molecule has 6 heteroatoms. The first-order chi connectivity index (χ1) is 20.8. The second-order valence-corrected chi connectivity index (χ2v) is 12.6. The normalized spacial score (nSPS) is 15.8. The third-order valence-corrected chi connectivity index (χ3v) is 8.40. The molecule has 1 unspecified atom stereocenters. The molecule has 0 radical (unpaired) electrons. The maximum absolute atomic E-state index is 12.9. The molecule has 1 atom stereocenters. The van der Waals surface area contributed by atoms with Gasteiger partial charge in [-0.3, -0.25) is 9.79 Å². The number of anilines is 1. The number of carbonyl (C=O) groups excluding carboxylic acids is 1. The second kappa shape index (κ2) is 20.4. The molecule has 44 heavy (non-hydrogen) atoms. The van der Waals surface area contributed by atoms with Crippen molar-refractivity contribution >= 4 is 34.8 Å². The summed E-state index contributed by atoms with van der Waals surface area (Å²) in [7, 11) is 1.68. The lowest BCUT2D eigenvalue weighted by Crippen LogP contribution is -2.30. The van der Waals surface area contributed by atoms with Crippen LogP contribution in [0.1, 0.15) is 116 Å². The molecule has 1 heterocycles. The molecule has 2 aromatic carbocycles. The standard InChI is InChI=1S/C38H56N2O3.BrH/c1-6-7-8-9-10-11-12-13-14-15-16-19-24-43-36-23-22-33(25-37(36)42-5)29-40(32(3)41)35-21-18-17-20-34(35)27-38(4)26-31(2)28-39-30-38;/h17-18,20-23,25-26,28H,6-16,19,24,27,29-30H2,1-5H3;1H. The van der Waals surface area contributed by atoms with Crippen molar-refractivity contribution in [2.24, 2.45) is 10.4 Å². The van der Waals surface area contributed by atoms with Crippen LogP contribution in [0.4, 0.5) is 5.69 Å². The molecule has 0 saturated carbocycles. The van der Waals surface area contributed by atoms with Crippen molar-refractivity contribution in [2.75, 3.05) is 25.2 Å². The summed E-state index contributed by atoms with van der Waals surface area (Å²) < 4.78 is 11.8. The molecule has 1 aliphatic rings. The van der Waals surface area contributed by atoms with Gasteiger partial charge in [-0.1, -0.05) is 115 Å². The number of allylic oxidation sites excluding steroid dienone is 1. The lowest BCUT2D eigenvalue weighted by atomic mass is 9.80. The van der Waals surface area contributed by atoms with Gasteiger partial charge in [0.05, 0.1) is 20.3 Å². The Morgan fingerprint density at radius 3 is 2.16 bits per heavy atom. The minimum Gasteiger partial charge on any atom is -0.493 e. The van der Waals surface area contributed by atoms with Crippen LogP contribution in [-0.4, -0.2) is 32.4 Å². The van der Waals surface area contributed by atoms with Gasteiger partial charge in [0.1, 0.15) is 0 Å². The molecule has 0 N–H and O–H groups in total. The zero-order chi connectivity index (χ0) is 30.9. The van der Waals surface area contributed by atoms with Crippen LogP contribution in [0.15, 0.2) is 59.1 Å². The average Bonchev–Trinajstić information content (AvgIpc) is 2.98. The number of nitrogens with zero attached hydrogens (tertiary/aromatic N) is 2. The molecule has 244 valence electrons. The van der Waals surface area contributed by atoms with Crippen LogP contribution in [0.5, 0.6) is 11.5 Å². The Labute approximate surface area is 278 Å². The van der Waals surface area contributed by atoms with E-state index in [1.54, 1.807) is 14.0 Å². The molecule has 0 spiro atoms. The molecular formula is C38H57BrN2O3. The number of hydrogen-bond donors (Lipinski definition) is 0. The smallest absolute Gasteiger partial charge is 0.224 e. The number of carbonyl (C=O) groups is 1. The van der Waals surface area contributed by atoms with E-state index in [9.17, 15) is 4.79 Å². The molecule has 0 aliphatic carbocycles. The number of dihydropyridines is 1. The molecule has 0 saturated heterocycles. The van der Waals surface area contributed by atoms with Crippen molar-refractivity contribution in [3.8, 4) is 11.5 Å². The van der Waals surface area contributed by atoms with E-state index in [2.05, 4.69) is 44.0 Å². The van der Waals surface area contributed by atoms with E-state index in [0.29, 0.717) is 18.9 Å². The third-order valence-electron chi connectivity index (χ3n) is 8.40. The van der Waals surface area contributed by atoms with Crippen molar-refractivity contribution in [1.29, 1.82) is 0 Å². The van der Waals surface area contributed by atoms with Gasteiger partial charge < -0.3 is 14.4 Å². The van der Waals surface area contributed by atoms with Gasteiger partial charge in [0.2, 0.25) is 5.91 Å². The molecule has 5 nitrogen and oxygen atoms in total.